The van der Waals surface area contributed by atoms with E-state index in [-0.39, 0.29) is 0 Å². The first-order chi connectivity index (χ1) is 11.6. The predicted octanol–water partition coefficient (Wildman–Crippen LogP) is -0.0727. The van der Waals surface area contributed by atoms with Crippen LogP contribution >= 0.6 is 0 Å². The van der Waals surface area contributed by atoms with Gasteiger partial charge in [-0.25, -0.2) is 0 Å². The lowest BCUT2D eigenvalue weighted by molar-refractivity contribution is -0.277. The normalized spacial score (nSPS) is 30.1. The van der Waals surface area contributed by atoms with Gasteiger partial charge in [-0.05, 0) is 29.3 Å². The van der Waals surface area contributed by atoms with Crippen molar-refractivity contribution in [1.82, 2.24) is 4.98 Å². The van der Waals surface area contributed by atoms with Gasteiger partial charge in [0.05, 0.1) is 6.61 Å². The van der Waals surface area contributed by atoms with E-state index in [0.717, 1.165) is 11.1 Å². The van der Waals surface area contributed by atoms with Crippen LogP contribution in [0.5, 0.6) is 5.75 Å². The maximum atomic E-state index is 9.97. The number of pyridine rings is 1. The number of aliphatic hydroxyl groups is 4. The molecule has 2 aromatic rings. The number of hydrogen-bond acceptors (Lipinski definition) is 7. The maximum Gasteiger partial charge on any atom is 0.229 e. The first kappa shape index (κ1) is 16.8. The molecule has 7 heteroatoms. The van der Waals surface area contributed by atoms with Crippen molar-refractivity contribution in [3.05, 3.63) is 48.8 Å². The number of hydrogen-bond donors (Lipinski definition) is 4. The lowest BCUT2D eigenvalue weighted by Crippen LogP contribution is -2.60. The fourth-order valence-electron chi connectivity index (χ4n) is 2.56. The van der Waals surface area contributed by atoms with Gasteiger partial charge in [0.2, 0.25) is 6.29 Å². The van der Waals surface area contributed by atoms with Gasteiger partial charge < -0.3 is 29.9 Å². The standard InChI is InChI=1S/C17H19NO6/c19-9-13-14(20)15(21)16(22)17(24-13)23-12-5-3-10(4-6-12)11-2-1-7-18-8-11/h1-8,13-17,19-22H,9H2. The second kappa shape index (κ2) is 7.25. The van der Waals surface area contributed by atoms with Gasteiger partial charge in [-0.3, -0.25) is 4.98 Å². The van der Waals surface area contributed by atoms with E-state index in [4.69, 9.17) is 9.47 Å². The number of ether oxygens (including phenoxy) is 2. The molecular weight excluding hydrogens is 314 g/mol. The van der Waals surface area contributed by atoms with Crippen molar-refractivity contribution in [3.8, 4) is 16.9 Å². The highest BCUT2D eigenvalue weighted by Crippen LogP contribution is 2.26. The van der Waals surface area contributed by atoms with Crippen molar-refractivity contribution in [1.29, 1.82) is 0 Å². The predicted molar refractivity (Wildman–Crippen MR) is 84.1 cm³/mol. The average molecular weight is 333 g/mol. The first-order valence-electron chi connectivity index (χ1n) is 7.58. The van der Waals surface area contributed by atoms with Gasteiger partial charge in [0.25, 0.3) is 0 Å². The molecule has 1 fully saturated rings. The third kappa shape index (κ3) is 3.40. The molecule has 1 aliphatic heterocycles. The van der Waals surface area contributed by atoms with E-state index in [1.54, 1.807) is 24.5 Å². The third-order valence-electron chi connectivity index (χ3n) is 3.95. The highest BCUT2D eigenvalue weighted by molar-refractivity contribution is 5.62. The molecule has 3 rings (SSSR count). The summed E-state index contributed by atoms with van der Waals surface area (Å²) in [6.07, 6.45) is -3.05. The Kier molecular flexibility index (Phi) is 5.08. The zero-order valence-electron chi connectivity index (χ0n) is 12.8. The Morgan fingerprint density at radius 3 is 2.33 bits per heavy atom. The van der Waals surface area contributed by atoms with E-state index >= 15 is 0 Å². The lowest BCUT2D eigenvalue weighted by atomic mass is 9.99. The molecule has 4 N–H and O–H groups in total. The number of aromatic nitrogens is 1. The number of benzene rings is 1. The van der Waals surface area contributed by atoms with Crippen molar-refractivity contribution < 1.29 is 29.9 Å². The Morgan fingerprint density at radius 1 is 0.958 bits per heavy atom. The Bertz CT molecular complexity index is 648. The molecule has 24 heavy (non-hydrogen) atoms. The molecule has 5 atom stereocenters. The molecule has 2 heterocycles. The van der Waals surface area contributed by atoms with Gasteiger partial charge in [0.15, 0.2) is 0 Å². The molecule has 1 aliphatic rings. The summed E-state index contributed by atoms with van der Waals surface area (Å²) in [6.45, 7) is -0.495. The second-order valence-electron chi connectivity index (χ2n) is 5.58. The van der Waals surface area contributed by atoms with E-state index in [9.17, 15) is 20.4 Å². The number of nitrogens with zero attached hydrogens (tertiary/aromatic N) is 1. The summed E-state index contributed by atoms with van der Waals surface area (Å²) in [4.78, 5) is 4.06. The molecule has 1 aromatic carbocycles. The van der Waals surface area contributed by atoms with Gasteiger partial charge in [0.1, 0.15) is 30.2 Å². The summed E-state index contributed by atoms with van der Waals surface area (Å²) in [5.41, 5.74) is 1.90. The minimum Gasteiger partial charge on any atom is -0.462 e. The minimum atomic E-state index is -1.46. The minimum absolute atomic E-state index is 0.423. The van der Waals surface area contributed by atoms with Crippen LogP contribution in [0.25, 0.3) is 11.1 Å². The van der Waals surface area contributed by atoms with Crippen LogP contribution in [-0.2, 0) is 4.74 Å². The summed E-state index contributed by atoms with van der Waals surface area (Å²) in [5, 5.41) is 38.6. The molecular formula is C17H19NO6. The smallest absolute Gasteiger partial charge is 0.229 e. The van der Waals surface area contributed by atoms with Crippen LogP contribution in [0.3, 0.4) is 0 Å². The van der Waals surface area contributed by atoms with Crippen molar-refractivity contribution in [3.63, 3.8) is 0 Å². The van der Waals surface area contributed by atoms with Crippen molar-refractivity contribution in [2.45, 2.75) is 30.7 Å². The molecule has 0 saturated carbocycles. The first-order valence-corrected chi connectivity index (χ1v) is 7.58. The van der Waals surface area contributed by atoms with E-state index in [2.05, 4.69) is 4.98 Å². The summed E-state index contributed by atoms with van der Waals surface area (Å²) in [6, 6.07) is 10.8. The maximum absolute atomic E-state index is 9.97. The quantitative estimate of drug-likeness (QED) is 0.619. The molecule has 1 saturated heterocycles. The Morgan fingerprint density at radius 2 is 1.71 bits per heavy atom. The van der Waals surface area contributed by atoms with Crippen LogP contribution in [-0.4, -0.2) is 62.7 Å². The summed E-state index contributed by atoms with van der Waals surface area (Å²) in [7, 11) is 0. The number of aliphatic hydroxyl groups excluding tert-OH is 4. The van der Waals surface area contributed by atoms with Crippen LogP contribution in [0, 0.1) is 0 Å². The van der Waals surface area contributed by atoms with Gasteiger partial charge >= 0.3 is 0 Å². The summed E-state index contributed by atoms with van der Waals surface area (Å²) in [5.74, 6) is 0.423. The molecule has 0 radical (unpaired) electrons. The monoisotopic (exact) mass is 333 g/mol. The van der Waals surface area contributed by atoms with Gasteiger partial charge in [0, 0.05) is 12.4 Å². The van der Waals surface area contributed by atoms with Gasteiger partial charge in [-0.2, -0.15) is 0 Å². The van der Waals surface area contributed by atoms with E-state index < -0.39 is 37.3 Å². The average Bonchev–Trinajstić information content (AvgIpc) is 2.63. The topological polar surface area (TPSA) is 112 Å². The zero-order valence-corrected chi connectivity index (χ0v) is 12.8. The van der Waals surface area contributed by atoms with Crippen LogP contribution in [0.2, 0.25) is 0 Å². The second-order valence-corrected chi connectivity index (χ2v) is 5.58. The molecule has 0 amide bonds. The largest absolute Gasteiger partial charge is 0.462 e. The van der Waals surface area contributed by atoms with E-state index in [1.807, 2.05) is 24.3 Å². The molecule has 0 spiro atoms. The molecule has 0 bridgehead atoms. The molecule has 1 aromatic heterocycles. The van der Waals surface area contributed by atoms with Crippen LogP contribution < -0.4 is 4.74 Å². The Balaban J connectivity index is 1.71. The highest BCUT2D eigenvalue weighted by Gasteiger charge is 2.44. The van der Waals surface area contributed by atoms with Crippen molar-refractivity contribution in [2.24, 2.45) is 0 Å². The summed E-state index contributed by atoms with van der Waals surface area (Å²) >= 11 is 0. The van der Waals surface area contributed by atoms with Crippen molar-refractivity contribution in [2.75, 3.05) is 6.61 Å². The number of rotatable bonds is 4. The van der Waals surface area contributed by atoms with Gasteiger partial charge in [-0.1, -0.05) is 18.2 Å². The highest BCUT2D eigenvalue weighted by atomic mass is 16.7. The van der Waals surface area contributed by atoms with E-state index in [0.29, 0.717) is 5.75 Å². The fourth-order valence-corrected chi connectivity index (χ4v) is 2.56. The third-order valence-corrected chi connectivity index (χ3v) is 3.95. The Hall–Kier alpha value is -2.03. The lowest BCUT2D eigenvalue weighted by Gasteiger charge is -2.39. The van der Waals surface area contributed by atoms with Crippen LogP contribution in [0.15, 0.2) is 48.8 Å². The fraction of sp³-hybridized carbons (Fsp3) is 0.353. The van der Waals surface area contributed by atoms with Crippen molar-refractivity contribution >= 4 is 0 Å². The molecule has 7 nitrogen and oxygen atoms in total. The summed E-state index contributed by atoms with van der Waals surface area (Å²) < 4.78 is 10.8. The molecule has 5 unspecified atom stereocenters. The van der Waals surface area contributed by atoms with E-state index in [1.165, 1.54) is 0 Å². The zero-order chi connectivity index (χ0) is 17.1. The molecule has 0 aliphatic carbocycles. The van der Waals surface area contributed by atoms with Gasteiger partial charge in [-0.15, -0.1) is 0 Å². The Labute approximate surface area is 138 Å². The van der Waals surface area contributed by atoms with Crippen LogP contribution in [0.4, 0.5) is 0 Å². The van der Waals surface area contributed by atoms with Crippen LogP contribution in [0.1, 0.15) is 0 Å². The molecule has 128 valence electrons. The SMILES string of the molecule is OCC1OC(Oc2ccc(-c3cccnc3)cc2)C(O)C(O)C1O.